The molecule has 0 bridgehead atoms. The smallest absolute Gasteiger partial charge is 0.230 e. The maximum absolute atomic E-state index is 13.4. The number of halogens is 1. The highest BCUT2D eigenvalue weighted by atomic mass is 35.5. The number of piperidine rings is 1. The fraction of sp³-hybridized carbons (Fsp3) is 0.476. The van der Waals surface area contributed by atoms with Crippen LogP contribution < -0.4 is 10.2 Å². The molecule has 2 aliphatic heterocycles. The summed E-state index contributed by atoms with van der Waals surface area (Å²) >= 11 is 6.03. The normalized spacial score (nSPS) is 21.8. The van der Waals surface area contributed by atoms with Gasteiger partial charge >= 0.3 is 0 Å². The largest absolute Gasteiger partial charge is 0.353 e. The molecule has 0 aliphatic carbocycles. The van der Waals surface area contributed by atoms with Crippen LogP contribution in [0.5, 0.6) is 0 Å². The summed E-state index contributed by atoms with van der Waals surface area (Å²) < 4.78 is 0. The summed E-state index contributed by atoms with van der Waals surface area (Å²) in [6, 6.07) is 8.02. The van der Waals surface area contributed by atoms with Gasteiger partial charge in [0.1, 0.15) is 5.82 Å². The van der Waals surface area contributed by atoms with Gasteiger partial charge in [-0.2, -0.15) is 0 Å². The van der Waals surface area contributed by atoms with Gasteiger partial charge in [-0.1, -0.05) is 23.7 Å². The lowest BCUT2D eigenvalue weighted by Gasteiger charge is -2.50. The third-order valence-corrected chi connectivity index (χ3v) is 6.01. The first kappa shape index (κ1) is 19.2. The molecular weight excluding hydrogens is 374 g/mol. The van der Waals surface area contributed by atoms with Gasteiger partial charge in [0.05, 0.1) is 11.6 Å². The summed E-state index contributed by atoms with van der Waals surface area (Å²) in [5, 5.41) is 4.04. The number of anilines is 1. The molecule has 1 aromatic carbocycles. The highest BCUT2D eigenvalue weighted by Crippen LogP contribution is 2.37. The molecule has 28 heavy (non-hydrogen) atoms. The number of carbonyl (C=O) groups is 1. The van der Waals surface area contributed by atoms with E-state index in [9.17, 15) is 4.79 Å². The number of hydrogen-bond donors (Lipinski definition) is 1. The molecule has 1 amide bonds. The number of hydrogen-bond acceptors (Lipinski definition) is 5. The molecule has 4 rings (SSSR count). The lowest BCUT2D eigenvalue weighted by Crippen LogP contribution is -2.66. The Balaban J connectivity index is 1.50. The summed E-state index contributed by atoms with van der Waals surface area (Å²) in [6.07, 6.45) is 7.96. The van der Waals surface area contributed by atoms with Crippen molar-refractivity contribution in [3.05, 3.63) is 53.4 Å². The van der Waals surface area contributed by atoms with Gasteiger partial charge in [0.25, 0.3) is 0 Å². The third-order valence-electron chi connectivity index (χ3n) is 5.76. The Kier molecular flexibility index (Phi) is 5.51. The van der Waals surface area contributed by atoms with Gasteiger partial charge in [-0.25, -0.2) is 4.98 Å². The van der Waals surface area contributed by atoms with Gasteiger partial charge in [-0.15, -0.1) is 0 Å². The maximum Gasteiger partial charge on any atom is 0.230 e. The van der Waals surface area contributed by atoms with E-state index in [1.54, 1.807) is 18.6 Å². The van der Waals surface area contributed by atoms with Crippen LogP contribution in [0.3, 0.4) is 0 Å². The second-order valence-corrected chi connectivity index (χ2v) is 8.51. The number of nitrogens with one attached hydrogen (secondary N) is 1. The lowest BCUT2D eigenvalue weighted by atomic mass is 9.73. The van der Waals surface area contributed by atoms with Crippen molar-refractivity contribution in [2.45, 2.75) is 25.3 Å². The van der Waals surface area contributed by atoms with Crippen molar-refractivity contribution in [1.29, 1.82) is 0 Å². The standard InChI is InChI=1S/C21H26ClN5O/c1-26-10-2-3-18(13-26)25-20(28)21(11-16-4-6-17(22)7-5-16)14-27(15-21)19-12-23-8-9-24-19/h4-9,12,18H,2-3,10-11,13-15H2,1H3,(H,25,28). The van der Waals surface area contributed by atoms with Crippen LogP contribution in [0.4, 0.5) is 5.82 Å². The van der Waals surface area contributed by atoms with Gasteiger partial charge in [-0.05, 0) is 50.6 Å². The first-order valence-corrected chi connectivity index (χ1v) is 10.2. The van der Waals surface area contributed by atoms with Crippen molar-refractivity contribution in [2.24, 2.45) is 5.41 Å². The average molecular weight is 400 g/mol. The fourth-order valence-corrected chi connectivity index (χ4v) is 4.38. The fourth-order valence-electron chi connectivity index (χ4n) is 4.25. The molecule has 6 nitrogen and oxygen atoms in total. The first-order valence-electron chi connectivity index (χ1n) is 9.79. The second-order valence-electron chi connectivity index (χ2n) is 8.08. The topological polar surface area (TPSA) is 61.4 Å². The van der Waals surface area contributed by atoms with Crippen LogP contribution >= 0.6 is 11.6 Å². The zero-order chi connectivity index (χ0) is 19.6. The molecule has 0 spiro atoms. The number of nitrogens with zero attached hydrogens (tertiary/aromatic N) is 4. The molecule has 1 unspecified atom stereocenters. The molecule has 2 fully saturated rings. The minimum Gasteiger partial charge on any atom is -0.353 e. The van der Waals surface area contributed by atoms with Crippen LogP contribution in [-0.2, 0) is 11.2 Å². The summed E-state index contributed by atoms with van der Waals surface area (Å²) in [5.74, 6) is 0.960. The van der Waals surface area contributed by atoms with E-state index in [1.165, 1.54) is 0 Å². The molecule has 148 valence electrons. The van der Waals surface area contributed by atoms with Crippen LogP contribution in [0.2, 0.25) is 5.02 Å². The predicted octanol–water partition coefficient (Wildman–Crippen LogP) is 2.39. The Bertz CT molecular complexity index is 807. The summed E-state index contributed by atoms with van der Waals surface area (Å²) in [6.45, 7) is 3.30. The number of amides is 1. The number of likely N-dealkylation sites (tertiary alicyclic amines) is 1. The van der Waals surface area contributed by atoms with E-state index in [4.69, 9.17) is 11.6 Å². The Labute approximate surface area is 170 Å². The van der Waals surface area contributed by atoms with Crippen molar-refractivity contribution < 1.29 is 4.79 Å². The Morgan fingerprint density at radius 1 is 1.29 bits per heavy atom. The molecule has 0 radical (unpaired) electrons. The Morgan fingerprint density at radius 3 is 2.75 bits per heavy atom. The number of benzene rings is 1. The summed E-state index contributed by atoms with van der Waals surface area (Å²) in [5.41, 5.74) is 0.667. The van der Waals surface area contributed by atoms with E-state index in [2.05, 4.69) is 32.1 Å². The molecule has 1 aromatic heterocycles. The number of rotatable bonds is 5. The quantitative estimate of drug-likeness (QED) is 0.836. The van der Waals surface area contributed by atoms with Crippen LogP contribution in [0.15, 0.2) is 42.9 Å². The van der Waals surface area contributed by atoms with Gasteiger partial charge < -0.3 is 15.1 Å². The highest BCUT2D eigenvalue weighted by Gasteiger charge is 2.50. The van der Waals surface area contributed by atoms with Crippen molar-refractivity contribution in [1.82, 2.24) is 20.2 Å². The highest BCUT2D eigenvalue weighted by molar-refractivity contribution is 6.30. The van der Waals surface area contributed by atoms with E-state index >= 15 is 0 Å². The minimum absolute atomic E-state index is 0.142. The van der Waals surface area contributed by atoms with Gasteiger partial charge in [0.2, 0.25) is 5.91 Å². The predicted molar refractivity (Wildman–Crippen MR) is 110 cm³/mol. The summed E-state index contributed by atoms with van der Waals surface area (Å²) in [7, 11) is 2.11. The molecule has 3 heterocycles. The zero-order valence-electron chi connectivity index (χ0n) is 16.1. The van der Waals surface area contributed by atoms with E-state index in [0.717, 1.165) is 37.3 Å². The number of aromatic nitrogens is 2. The summed E-state index contributed by atoms with van der Waals surface area (Å²) in [4.78, 5) is 26.3. The molecular formula is C21H26ClN5O. The van der Waals surface area contributed by atoms with Crippen LogP contribution in [-0.4, -0.2) is 60.0 Å². The molecule has 0 saturated carbocycles. The van der Waals surface area contributed by atoms with Crippen molar-refractivity contribution in [3.8, 4) is 0 Å². The van der Waals surface area contributed by atoms with Gasteiger partial charge in [-0.3, -0.25) is 9.78 Å². The number of likely N-dealkylation sites (N-methyl/N-ethyl adjacent to an activating group) is 1. The van der Waals surface area contributed by atoms with Gasteiger partial charge in [0, 0.05) is 43.1 Å². The maximum atomic E-state index is 13.4. The van der Waals surface area contributed by atoms with E-state index < -0.39 is 5.41 Å². The van der Waals surface area contributed by atoms with Crippen LogP contribution in [0, 0.1) is 5.41 Å². The van der Waals surface area contributed by atoms with Crippen LogP contribution in [0.25, 0.3) is 0 Å². The van der Waals surface area contributed by atoms with Crippen molar-refractivity contribution in [2.75, 3.05) is 38.1 Å². The van der Waals surface area contributed by atoms with Crippen molar-refractivity contribution >= 4 is 23.3 Å². The molecule has 2 saturated heterocycles. The van der Waals surface area contributed by atoms with Gasteiger partial charge in [0.15, 0.2) is 0 Å². The Hall–Kier alpha value is -2.18. The second kappa shape index (κ2) is 8.05. The minimum atomic E-state index is -0.457. The molecule has 7 heteroatoms. The van der Waals surface area contributed by atoms with Crippen LogP contribution in [0.1, 0.15) is 18.4 Å². The first-order chi connectivity index (χ1) is 13.5. The zero-order valence-corrected chi connectivity index (χ0v) is 16.9. The molecule has 1 atom stereocenters. The Morgan fingerprint density at radius 2 is 2.07 bits per heavy atom. The molecule has 2 aliphatic rings. The average Bonchev–Trinajstić information content (AvgIpc) is 2.66. The lowest BCUT2D eigenvalue weighted by molar-refractivity contribution is -0.133. The van der Waals surface area contributed by atoms with E-state index in [1.807, 2.05) is 24.3 Å². The SMILES string of the molecule is CN1CCCC(NC(=O)C2(Cc3ccc(Cl)cc3)CN(c3cnccn3)C2)C1. The monoisotopic (exact) mass is 399 g/mol. The molecule has 1 N–H and O–H groups in total. The van der Waals surface area contributed by atoms with E-state index in [-0.39, 0.29) is 11.9 Å². The third kappa shape index (κ3) is 4.13. The molecule has 2 aromatic rings. The van der Waals surface area contributed by atoms with Crippen molar-refractivity contribution in [3.63, 3.8) is 0 Å². The number of carbonyl (C=O) groups excluding carboxylic acids is 1. The van der Waals surface area contributed by atoms with E-state index in [0.29, 0.717) is 24.5 Å².